The minimum atomic E-state index is 0.404. The first kappa shape index (κ1) is 17.2. The van der Waals surface area contributed by atoms with Gasteiger partial charge in [0, 0.05) is 6.04 Å². The van der Waals surface area contributed by atoms with E-state index in [-0.39, 0.29) is 0 Å². The van der Waals surface area contributed by atoms with Crippen molar-refractivity contribution in [3.63, 3.8) is 0 Å². The summed E-state index contributed by atoms with van der Waals surface area (Å²) >= 11 is 0. The molecule has 0 aliphatic rings. The lowest BCUT2D eigenvalue weighted by atomic mass is 9.97. The van der Waals surface area contributed by atoms with Gasteiger partial charge in [-0.05, 0) is 29.9 Å². The molecule has 1 unspecified atom stereocenters. The molecule has 0 saturated carbocycles. The van der Waals surface area contributed by atoms with Crippen LogP contribution in [0.5, 0.6) is 0 Å². The summed E-state index contributed by atoms with van der Waals surface area (Å²) in [6.07, 6.45) is 8.83. The van der Waals surface area contributed by atoms with Crippen LogP contribution in [0.2, 0.25) is 0 Å². The lowest BCUT2D eigenvalue weighted by Gasteiger charge is -2.16. The molecule has 2 nitrogen and oxygen atoms in total. The Morgan fingerprint density at radius 1 is 1.00 bits per heavy atom. The molecule has 0 spiro atoms. The highest BCUT2D eigenvalue weighted by molar-refractivity contribution is 5.25. The van der Waals surface area contributed by atoms with Gasteiger partial charge in [-0.25, -0.2) is 0 Å². The fourth-order valence-corrected chi connectivity index (χ4v) is 2.56. The fourth-order valence-electron chi connectivity index (χ4n) is 2.56. The maximum Gasteiger partial charge on any atom is 0.0250 e. The van der Waals surface area contributed by atoms with Gasteiger partial charge < -0.3 is 0 Å². The average Bonchev–Trinajstić information content (AvgIpc) is 2.46. The van der Waals surface area contributed by atoms with Gasteiger partial charge in [-0.2, -0.15) is 0 Å². The monoisotopic (exact) mass is 276 g/mol. The molecule has 0 bridgehead atoms. The Balaban J connectivity index is 2.35. The fraction of sp³-hybridized carbons (Fsp3) is 0.667. The van der Waals surface area contributed by atoms with Gasteiger partial charge in [0.25, 0.3) is 0 Å². The third kappa shape index (κ3) is 6.53. The van der Waals surface area contributed by atoms with E-state index in [4.69, 9.17) is 5.84 Å². The van der Waals surface area contributed by atoms with Crippen molar-refractivity contribution in [2.45, 2.75) is 77.7 Å². The molecule has 0 saturated heterocycles. The second kappa shape index (κ2) is 9.95. The number of nitrogens with one attached hydrogen (secondary N) is 1. The lowest BCUT2D eigenvalue weighted by molar-refractivity contribution is 0.461. The van der Waals surface area contributed by atoms with Crippen molar-refractivity contribution >= 4 is 0 Å². The quantitative estimate of drug-likeness (QED) is 0.374. The van der Waals surface area contributed by atoms with Crippen molar-refractivity contribution in [1.29, 1.82) is 0 Å². The van der Waals surface area contributed by atoms with Gasteiger partial charge in [0.15, 0.2) is 0 Å². The highest BCUT2D eigenvalue weighted by Gasteiger charge is 2.08. The van der Waals surface area contributed by atoms with Gasteiger partial charge in [-0.3, -0.25) is 11.3 Å². The number of hydrazine groups is 1. The van der Waals surface area contributed by atoms with Crippen LogP contribution in [-0.2, 0) is 6.42 Å². The summed E-state index contributed by atoms with van der Waals surface area (Å²) in [6, 6.07) is 9.39. The molecule has 0 aliphatic heterocycles. The Morgan fingerprint density at radius 2 is 1.65 bits per heavy atom. The Kier molecular flexibility index (Phi) is 8.56. The minimum Gasteiger partial charge on any atom is -0.271 e. The van der Waals surface area contributed by atoms with Gasteiger partial charge >= 0.3 is 0 Å². The van der Waals surface area contributed by atoms with Gasteiger partial charge in [-0.1, -0.05) is 77.1 Å². The average molecular weight is 276 g/mol. The van der Waals surface area contributed by atoms with Crippen molar-refractivity contribution in [3.8, 4) is 0 Å². The molecule has 0 heterocycles. The Hall–Kier alpha value is -0.860. The smallest absolute Gasteiger partial charge is 0.0250 e. The first-order chi connectivity index (χ1) is 9.67. The van der Waals surface area contributed by atoms with Gasteiger partial charge in [0.05, 0.1) is 0 Å². The van der Waals surface area contributed by atoms with Gasteiger partial charge in [0.1, 0.15) is 0 Å². The van der Waals surface area contributed by atoms with Crippen molar-refractivity contribution in [2.24, 2.45) is 5.84 Å². The molecule has 3 N–H and O–H groups in total. The third-order valence-corrected chi connectivity index (χ3v) is 4.02. The minimum absolute atomic E-state index is 0.404. The molecule has 0 fully saturated rings. The molecule has 1 rings (SSSR count). The number of benzene rings is 1. The van der Waals surface area contributed by atoms with Crippen molar-refractivity contribution in [3.05, 3.63) is 35.4 Å². The summed E-state index contributed by atoms with van der Waals surface area (Å²) in [4.78, 5) is 0. The Labute approximate surface area is 125 Å². The summed E-state index contributed by atoms with van der Waals surface area (Å²) in [5.41, 5.74) is 5.77. The zero-order valence-electron chi connectivity index (χ0n) is 13.5. The molecule has 0 amide bonds. The standard InChI is InChI=1S/C18H32N2/c1-4-5-6-7-8-9-18(20-19)14-16-10-12-17(13-11-16)15(2)3/h10-13,15,18,20H,4-9,14,19H2,1-3H3. The van der Waals surface area contributed by atoms with Crippen LogP contribution in [0.3, 0.4) is 0 Å². The maximum absolute atomic E-state index is 5.69. The highest BCUT2D eigenvalue weighted by atomic mass is 15.2. The van der Waals surface area contributed by atoms with Crippen LogP contribution in [0.1, 0.15) is 76.3 Å². The van der Waals surface area contributed by atoms with E-state index >= 15 is 0 Å². The first-order valence-corrected chi connectivity index (χ1v) is 8.22. The maximum atomic E-state index is 5.69. The van der Waals surface area contributed by atoms with Gasteiger partial charge in [-0.15, -0.1) is 0 Å². The Morgan fingerprint density at radius 3 is 2.20 bits per heavy atom. The molecule has 2 heteroatoms. The third-order valence-electron chi connectivity index (χ3n) is 4.02. The second-order valence-corrected chi connectivity index (χ2v) is 6.17. The largest absolute Gasteiger partial charge is 0.271 e. The second-order valence-electron chi connectivity index (χ2n) is 6.17. The SMILES string of the molecule is CCCCCCCC(Cc1ccc(C(C)C)cc1)NN. The summed E-state index contributed by atoms with van der Waals surface area (Å²) in [5.74, 6) is 6.29. The van der Waals surface area contributed by atoms with E-state index in [1.54, 1.807) is 0 Å². The molecule has 0 radical (unpaired) electrons. The van der Waals surface area contributed by atoms with Crippen molar-refractivity contribution in [1.82, 2.24) is 5.43 Å². The topological polar surface area (TPSA) is 38.0 Å². The zero-order chi connectivity index (χ0) is 14.8. The van der Waals surface area contributed by atoms with Gasteiger partial charge in [0.2, 0.25) is 0 Å². The molecule has 0 aliphatic carbocycles. The number of hydrogen-bond donors (Lipinski definition) is 2. The number of hydrogen-bond acceptors (Lipinski definition) is 2. The molecule has 20 heavy (non-hydrogen) atoms. The van der Waals surface area contributed by atoms with E-state index < -0.39 is 0 Å². The van der Waals surface area contributed by atoms with E-state index in [1.807, 2.05) is 0 Å². The Bertz CT molecular complexity index is 343. The molecular formula is C18H32N2. The number of rotatable bonds is 10. The molecule has 1 aromatic carbocycles. The van der Waals surface area contributed by atoms with Crippen LogP contribution in [0.15, 0.2) is 24.3 Å². The van der Waals surface area contributed by atoms with Crippen LogP contribution in [0.4, 0.5) is 0 Å². The number of nitrogens with two attached hydrogens (primary N) is 1. The van der Waals surface area contributed by atoms with Crippen LogP contribution >= 0.6 is 0 Å². The normalized spacial score (nSPS) is 12.8. The molecular weight excluding hydrogens is 244 g/mol. The van der Waals surface area contributed by atoms with Crippen molar-refractivity contribution in [2.75, 3.05) is 0 Å². The number of unbranched alkanes of at least 4 members (excludes halogenated alkanes) is 4. The van der Waals surface area contributed by atoms with E-state index in [2.05, 4.69) is 50.5 Å². The summed E-state index contributed by atoms with van der Waals surface area (Å²) in [6.45, 7) is 6.72. The first-order valence-electron chi connectivity index (χ1n) is 8.22. The summed E-state index contributed by atoms with van der Waals surface area (Å²) in [7, 11) is 0. The molecule has 1 atom stereocenters. The van der Waals surface area contributed by atoms with E-state index in [9.17, 15) is 0 Å². The van der Waals surface area contributed by atoms with Crippen molar-refractivity contribution < 1.29 is 0 Å². The lowest BCUT2D eigenvalue weighted by Crippen LogP contribution is -2.36. The predicted octanol–water partition coefficient (Wildman–Crippen LogP) is 4.54. The predicted molar refractivity (Wildman–Crippen MR) is 88.7 cm³/mol. The van der Waals surface area contributed by atoms with Crippen LogP contribution < -0.4 is 11.3 Å². The molecule has 1 aromatic rings. The zero-order valence-corrected chi connectivity index (χ0v) is 13.5. The summed E-state index contributed by atoms with van der Waals surface area (Å²) < 4.78 is 0. The van der Waals surface area contributed by atoms with E-state index in [1.165, 1.54) is 49.7 Å². The van der Waals surface area contributed by atoms with Crippen LogP contribution in [0, 0.1) is 0 Å². The molecule has 0 aromatic heterocycles. The van der Waals surface area contributed by atoms with E-state index in [0.717, 1.165) is 6.42 Å². The van der Waals surface area contributed by atoms with Crippen LogP contribution in [-0.4, -0.2) is 6.04 Å². The van der Waals surface area contributed by atoms with E-state index in [0.29, 0.717) is 12.0 Å². The molecule has 114 valence electrons. The highest BCUT2D eigenvalue weighted by Crippen LogP contribution is 2.16. The van der Waals surface area contributed by atoms with Crippen LogP contribution in [0.25, 0.3) is 0 Å². The summed E-state index contributed by atoms with van der Waals surface area (Å²) in [5, 5.41) is 0.